The molecule has 1 N–H and O–H groups in total. The highest BCUT2D eigenvalue weighted by molar-refractivity contribution is 6.34. The van der Waals surface area contributed by atoms with Gasteiger partial charge in [0.25, 0.3) is 5.72 Å². The lowest BCUT2D eigenvalue weighted by Gasteiger charge is -2.32. The number of carbonyl (C=O) groups is 1. The third-order valence-corrected chi connectivity index (χ3v) is 5.14. The number of hydrazone groups is 1. The predicted octanol–water partition coefficient (Wildman–Crippen LogP) is 4.94. The molecule has 1 aliphatic heterocycles. The number of alkyl halides is 3. The maximum absolute atomic E-state index is 13.6. The van der Waals surface area contributed by atoms with Crippen molar-refractivity contribution in [3.05, 3.63) is 70.7 Å². The average molecular weight is 425 g/mol. The Hall–Kier alpha value is -2.38. The SMILES string of the molecule is O=C(CCCCc1ccccc1)N1N=C(c2ccccc2Cl)CC1(O)C(F)(F)F. The van der Waals surface area contributed by atoms with E-state index in [1.54, 1.807) is 12.1 Å². The van der Waals surface area contributed by atoms with E-state index in [1.807, 2.05) is 30.3 Å². The van der Waals surface area contributed by atoms with Crippen LogP contribution in [-0.4, -0.2) is 33.6 Å². The van der Waals surface area contributed by atoms with Crippen molar-refractivity contribution in [2.75, 3.05) is 0 Å². The molecule has 0 saturated carbocycles. The molecular formula is C21H20ClF3N2O2. The fourth-order valence-corrected chi connectivity index (χ4v) is 3.47. The first-order valence-electron chi connectivity index (χ1n) is 9.21. The Morgan fingerprint density at radius 1 is 1.10 bits per heavy atom. The van der Waals surface area contributed by atoms with Crippen molar-refractivity contribution in [3.8, 4) is 0 Å². The van der Waals surface area contributed by atoms with Crippen molar-refractivity contribution in [2.24, 2.45) is 5.10 Å². The van der Waals surface area contributed by atoms with Crippen molar-refractivity contribution in [3.63, 3.8) is 0 Å². The van der Waals surface area contributed by atoms with Crippen LogP contribution in [0.3, 0.4) is 0 Å². The third kappa shape index (κ3) is 4.62. The minimum Gasteiger partial charge on any atom is -0.362 e. The second-order valence-corrected chi connectivity index (χ2v) is 7.32. The lowest BCUT2D eigenvalue weighted by molar-refractivity contribution is -0.302. The molecule has 1 amide bonds. The van der Waals surface area contributed by atoms with Gasteiger partial charge in [0.2, 0.25) is 5.91 Å². The van der Waals surface area contributed by atoms with Gasteiger partial charge in [0.15, 0.2) is 0 Å². The number of amides is 1. The predicted molar refractivity (Wildman–Crippen MR) is 104 cm³/mol. The van der Waals surface area contributed by atoms with Crippen LogP contribution < -0.4 is 0 Å². The Kier molecular flexibility index (Phi) is 6.29. The second kappa shape index (κ2) is 8.55. The van der Waals surface area contributed by atoms with Crippen molar-refractivity contribution in [1.29, 1.82) is 0 Å². The molecule has 0 spiro atoms. The number of aliphatic hydroxyl groups is 1. The van der Waals surface area contributed by atoms with E-state index in [1.165, 1.54) is 12.1 Å². The van der Waals surface area contributed by atoms with Crippen LogP contribution in [0.25, 0.3) is 0 Å². The first kappa shape index (κ1) is 21.3. The van der Waals surface area contributed by atoms with Crippen LogP contribution in [0.1, 0.15) is 36.8 Å². The van der Waals surface area contributed by atoms with Crippen LogP contribution >= 0.6 is 11.6 Å². The fourth-order valence-electron chi connectivity index (χ4n) is 3.23. The summed E-state index contributed by atoms with van der Waals surface area (Å²) in [4.78, 5) is 12.5. The van der Waals surface area contributed by atoms with E-state index in [0.29, 0.717) is 19.3 Å². The Bertz CT molecular complexity index is 902. The average Bonchev–Trinajstić information content (AvgIpc) is 3.05. The molecule has 0 aliphatic carbocycles. The summed E-state index contributed by atoms with van der Waals surface area (Å²) in [5.74, 6) is -0.875. The van der Waals surface area contributed by atoms with Crippen molar-refractivity contribution < 1.29 is 23.1 Å². The van der Waals surface area contributed by atoms with Crippen molar-refractivity contribution in [1.82, 2.24) is 5.01 Å². The molecule has 4 nitrogen and oxygen atoms in total. The van der Waals surface area contributed by atoms with E-state index in [-0.39, 0.29) is 27.7 Å². The smallest absolute Gasteiger partial charge is 0.362 e. The number of rotatable bonds is 6. The molecule has 2 aromatic carbocycles. The quantitative estimate of drug-likeness (QED) is 0.668. The minimum atomic E-state index is -5.06. The maximum atomic E-state index is 13.6. The number of unbranched alkanes of at least 4 members (excludes halogenated alkanes) is 1. The molecule has 154 valence electrons. The second-order valence-electron chi connectivity index (χ2n) is 6.92. The molecule has 0 radical (unpaired) electrons. The summed E-state index contributed by atoms with van der Waals surface area (Å²) in [6, 6.07) is 15.9. The highest BCUT2D eigenvalue weighted by atomic mass is 35.5. The summed E-state index contributed by atoms with van der Waals surface area (Å²) >= 11 is 6.05. The fraction of sp³-hybridized carbons (Fsp3) is 0.333. The molecule has 0 bridgehead atoms. The zero-order chi connectivity index (χ0) is 21.1. The first-order valence-corrected chi connectivity index (χ1v) is 9.58. The Labute approximate surface area is 171 Å². The van der Waals surface area contributed by atoms with Crippen molar-refractivity contribution in [2.45, 2.75) is 44.0 Å². The van der Waals surface area contributed by atoms with Gasteiger partial charge in [-0.3, -0.25) is 4.79 Å². The number of carbonyl (C=O) groups excluding carboxylic acids is 1. The maximum Gasteiger partial charge on any atom is 0.438 e. The van der Waals surface area contributed by atoms with Crippen LogP contribution in [0.2, 0.25) is 5.02 Å². The summed E-state index contributed by atoms with van der Waals surface area (Å²) < 4.78 is 40.8. The van der Waals surface area contributed by atoms with Gasteiger partial charge in [0.1, 0.15) is 0 Å². The van der Waals surface area contributed by atoms with Gasteiger partial charge in [-0.2, -0.15) is 23.3 Å². The third-order valence-electron chi connectivity index (χ3n) is 4.81. The van der Waals surface area contributed by atoms with Crippen LogP contribution in [0.15, 0.2) is 59.7 Å². The van der Waals surface area contributed by atoms with Gasteiger partial charge in [0.05, 0.1) is 12.1 Å². The van der Waals surface area contributed by atoms with E-state index in [2.05, 4.69) is 5.10 Å². The van der Waals surface area contributed by atoms with Crippen molar-refractivity contribution >= 4 is 23.2 Å². The summed E-state index contributed by atoms with van der Waals surface area (Å²) in [6.07, 6.45) is -4.34. The van der Waals surface area contributed by atoms with E-state index >= 15 is 0 Å². The standard InChI is InChI=1S/C21H20ClF3N2O2/c22-17-12-6-5-11-16(17)18-14-20(29,21(23,24)25)27(26-18)19(28)13-7-4-10-15-8-2-1-3-9-15/h1-3,5-6,8-9,11-12,29H,4,7,10,13-14H2. The molecule has 29 heavy (non-hydrogen) atoms. The number of hydrogen-bond donors (Lipinski definition) is 1. The van der Waals surface area contributed by atoms with Crippen LogP contribution in [-0.2, 0) is 11.2 Å². The van der Waals surface area contributed by atoms with E-state index < -0.39 is 24.2 Å². The van der Waals surface area contributed by atoms with Gasteiger partial charge < -0.3 is 5.11 Å². The van der Waals surface area contributed by atoms with Crippen LogP contribution in [0.4, 0.5) is 13.2 Å². The molecular weight excluding hydrogens is 405 g/mol. The minimum absolute atomic E-state index is 0.0759. The number of benzene rings is 2. The molecule has 2 aromatic rings. The Morgan fingerprint density at radius 3 is 2.41 bits per heavy atom. The highest BCUT2D eigenvalue weighted by Gasteiger charge is 2.63. The Balaban J connectivity index is 1.72. The lowest BCUT2D eigenvalue weighted by Crippen LogP contribution is -2.56. The molecule has 0 aromatic heterocycles. The Morgan fingerprint density at radius 2 is 1.76 bits per heavy atom. The van der Waals surface area contributed by atoms with Crippen LogP contribution in [0, 0.1) is 0 Å². The number of hydrogen-bond acceptors (Lipinski definition) is 3. The number of aryl methyl sites for hydroxylation is 1. The zero-order valence-electron chi connectivity index (χ0n) is 15.5. The molecule has 1 atom stereocenters. The molecule has 1 unspecified atom stereocenters. The van der Waals surface area contributed by atoms with E-state index in [0.717, 1.165) is 5.56 Å². The number of nitrogens with zero attached hydrogens (tertiary/aromatic N) is 2. The zero-order valence-corrected chi connectivity index (χ0v) is 16.2. The monoisotopic (exact) mass is 424 g/mol. The van der Waals surface area contributed by atoms with Gasteiger partial charge in [0, 0.05) is 17.0 Å². The van der Waals surface area contributed by atoms with Gasteiger partial charge in [-0.15, -0.1) is 0 Å². The normalized spacial score (nSPS) is 19.3. The number of halogens is 4. The molecule has 1 heterocycles. The molecule has 1 aliphatic rings. The highest BCUT2D eigenvalue weighted by Crippen LogP contribution is 2.42. The summed E-state index contributed by atoms with van der Waals surface area (Å²) in [5.41, 5.74) is -2.10. The largest absolute Gasteiger partial charge is 0.438 e. The topological polar surface area (TPSA) is 52.9 Å². The van der Waals surface area contributed by atoms with Gasteiger partial charge in [-0.05, 0) is 30.9 Å². The molecule has 3 rings (SSSR count). The summed E-state index contributed by atoms with van der Waals surface area (Å²) in [6.45, 7) is 0. The first-order chi connectivity index (χ1) is 13.7. The van der Waals surface area contributed by atoms with Gasteiger partial charge in [-0.1, -0.05) is 60.1 Å². The van der Waals surface area contributed by atoms with E-state index in [9.17, 15) is 23.1 Å². The molecule has 0 saturated heterocycles. The molecule has 0 fully saturated rings. The molecule has 8 heteroatoms. The summed E-state index contributed by atoms with van der Waals surface area (Å²) in [7, 11) is 0. The lowest BCUT2D eigenvalue weighted by atomic mass is 10.0. The summed E-state index contributed by atoms with van der Waals surface area (Å²) in [5, 5.41) is 14.5. The van der Waals surface area contributed by atoms with Gasteiger partial charge in [-0.25, -0.2) is 0 Å². The van der Waals surface area contributed by atoms with E-state index in [4.69, 9.17) is 11.6 Å². The van der Waals surface area contributed by atoms with Gasteiger partial charge >= 0.3 is 6.18 Å². The van der Waals surface area contributed by atoms with Crippen LogP contribution in [0.5, 0.6) is 0 Å².